The number of carboxylic acid groups (broad SMARTS) is 1. The van der Waals surface area contributed by atoms with Crippen molar-refractivity contribution in [3.8, 4) is 11.4 Å². The Bertz CT molecular complexity index is 781. The Balaban J connectivity index is 2.20. The fourth-order valence-electron chi connectivity index (χ4n) is 2.44. The van der Waals surface area contributed by atoms with Crippen LogP contribution in [0.1, 0.15) is 16.1 Å². The van der Waals surface area contributed by atoms with Gasteiger partial charge in [0.25, 0.3) is 0 Å². The summed E-state index contributed by atoms with van der Waals surface area (Å²) < 4.78 is 1.68. The molecule has 19 heavy (non-hydrogen) atoms. The van der Waals surface area contributed by atoms with E-state index >= 15 is 0 Å². The summed E-state index contributed by atoms with van der Waals surface area (Å²) in [6, 6.07) is 11.6. The van der Waals surface area contributed by atoms with Crippen molar-refractivity contribution >= 4 is 16.9 Å². The standard InChI is InChI=1S/C15H14N2O2/c1-9-4-3-5-11-10(9)8-12(16-11)13-6-7-14(15(18)19)17(13)2/h3-8,16H,1-2H3,(H,18,19). The molecule has 0 fully saturated rings. The average molecular weight is 254 g/mol. The SMILES string of the molecule is Cc1cccc2[nH]c(-c3ccc(C(=O)O)n3C)cc12. The molecular formula is C15H14N2O2. The Morgan fingerprint density at radius 2 is 2.05 bits per heavy atom. The number of rotatable bonds is 2. The third-order valence-electron chi connectivity index (χ3n) is 3.50. The molecule has 2 heterocycles. The van der Waals surface area contributed by atoms with Gasteiger partial charge in [-0.1, -0.05) is 12.1 Å². The Labute approximate surface area is 110 Å². The molecule has 4 heteroatoms. The maximum absolute atomic E-state index is 11.1. The van der Waals surface area contributed by atoms with E-state index < -0.39 is 5.97 Å². The molecule has 0 radical (unpaired) electrons. The van der Waals surface area contributed by atoms with Crippen molar-refractivity contribution in [1.29, 1.82) is 0 Å². The number of nitrogens with zero attached hydrogens (tertiary/aromatic N) is 1. The lowest BCUT2D eigenvalue weighted by Gasteiger charge is -2.02. The van der Waals surface area contributed by atoms with Crippen molar-refractivity contribution in [2.45, 2.75) is 6.92 Å². The lowest BCUT2D eigenvalue weighted by molar-refractivity contribution is 0.0687. The molecule has 1 aromatic carbocycles. The summed E-state index contributed by atoms with van der Waals surface area (Å²) in [7, 11) is 1.76. The number of fused-ring (bicyclic) bond motifs is 1. The number of benzene rings is 1. The van der Waals surface area contributed by atoms with Gasteiger partial charge in [-0.15, -0.1) is 0 Å². The van der Waals surface area contributed by atoms with Crippen LogP contribution >= 0.6 is 0 Å². The van der Waals surface area contributed by atoms with Gasteiger partial charge in [0, 0.05) is 18.0 Å². The zero-order valence-corrected chi connectivity index (χ0v) is 10.8. The molecule has 0 aliphatic carbocycles. The van der Waals surface area contributed by atoms with E-state index in [1.54, 1.807) is 17.7 Å². The maximum atomic E-state index is 11.1. The molecule has 0 aliphatic heterocycles. The number of aromatic amines is 1. The number of H-pyrrole nitrogens is 1. The molecule has 0 amide bonds. The second kappa shape index (κ2) is 4.02. The van der Waals surface area contributed by atoms with Crippen molar-refractivity contribution < 1.29 is 9.90 Å². The third kappa shape index (κ3) is 1.73. The summed E-state index contributed by atoms with van der Waals surface area (Å²) in [6.07, 6.45) is 0. The number of hydrogen-bond donors (Lipinski definition) is 2. The first-order valence-corrected chi connectivity index (χ1v) is 6.05. The predicted octanol–water partition coefficient (Wildman–Crippen LogP) is 3.18. The highest BCUT2D eigenvalue weighted by Gasteiger charge is 2.13. The Hall–Kier alpha value is -2.49. The van der Waals surface area contributed by atoms with Crippen LogP contribution in [-0.2, 0) is 7.05 Å². The van der Waals surface area contributed by atoms with Gasteiger partial charge in [-0.05, 0) is 36.8 Å². The fourth-order valence-corrected chi connectivity index (χ4v) is 2.44. The molecule has 0 aliphatic rings. The van der Waals surface area contributed by atoms with Crippen LogP contribution < -0.4 is 0 Å². The summed E-state index contributed by atoms with van der Waals surface area (Å²) >= 11 is 0. The molecule has 96 valence electrons. The maximum Gasteiger partial charge on any atom is 0.352 e. The largest absolute Gasteiger partial charge is 0.477 e. The van der Waals surface area contributed by atoms with Crippen LogP contribution in [0.5, 0.6) is 0 Å². The number of hydrogen-bond acceptors (Lipinski definition) is 1. The molecule has 3 rings (SSSR count). The van der Waals surface area contributed by atoms with E-state index in [1.807, 2.05) is 18.2 Å². The summed E-state index contributed by atoms with van der Waals surface area (Å²) in [5, 5.41) is 10.2. The van der Waals surface area contributed by atoms with Gasteiger partial charge < -0.3 is 14.7 Å². The van der Waals surface area contributed by atoms with Crippen molar-refractivity contribution in [3.63, 3.8) is 0 Å². The molecule has 0 saturated carbocycles. The fraction of sp³-hybridized carbons (Fsp3) is 0.133. The summed E-state index contributed by atoms with van der Waals surface area (Å²) in [5.41, 5.74) is 4.35. The molecule has 2 aromatic heterocycles. The smallest absolute Gasteiger partial charge is 0.352 e. The van der Waals surface area contributed by atoms with Gasteiger partial charge in [-0.2, -0.15) is 0 Å². The highest BCUT2D eigenvalue weighted by Crippen LogP contribution is 2.27. The van der Waals surface area contributed by atoms with Crippen LogP contribution in [0.25, 0.3) is 22.3 Å². The minimum atomic E-state index is -0.916. The monoisotopic (exact) mass is 254 g/mol. The minimum Gasteiger partial charge on any atom is -0.477 e. The van der Waals surface area contributed by atoms with Crippen LogP contribution in [0.3, 0.4) is 0 Å². The number of aromatic carboxylic acids is 1. The summed E-state index contributed by atoms with van der Waals surface area (Å²) in [6.45, 7) is 2.06. The van der Waals surface area contributed by atoms with Crippen molar-refractivity contribution in [2.75, 3.05) is 0 Å². The number of nitrogens with one attached hydrogen (secondary N) is 1. The van der Waals surface area contributed by atoms with E-state index in [2.05, 4.69) is 24.0 Å². The normalized spacial score (nSPS) is 11.1. The van der Waals surface area contributed by atoms with Gasteiger partial charge in [-0.3, -0.25) is 0 Å². The van der Waals surface area contributed by atoms with E-state index in [9.17, 15) is 4.79 Å². The van der Waals surface area contributed by atoms with Crippen molar-refractivity contribution in [2.24, 2.45) is 7.05 Å². The molecule has 0 unspecified atom stereocenters. The van der Waals surface area contributed by atoms with Gasteiger partial charge in [-0.25, -0.2) is 4.79 Å². The third-order valence-corrected chi connectivity index (χ3v) is 3.50. The van der Waals surface area contributed by atoms with E-state index in [4.69, 9.17) is 5.11 Å². The molecule has 3 aromatic rings. The molecule has 0 spiro atoms. The second-order valence-corrected chi connectivity index (χ2v) is 4.69. The first-order chi connectivity index (χ1) is 9.08. The Morgan fingerprint density at radius 3 is 2.68 bits per heavy atom. The minimum absolute atomic E-state index is 0.283. The van der Waals surface area contributed by atoms with E-state index in [0.29, 0.717) is 0 Å². The Kier molecular flexibility index (Phi) is 2.45. The summed E-state index contributed by atoms with van der Waals surface area (Å²) in [4.78, 5) is 14.4. The van der Waals surface area contributed by atoms with Gasteiger partial charge in [0.15, 0.2) is 0 Å². The van der Waals surface area contributed by atoms with Crippen LogP contribution in [0.4, 0.5) is 0 Å². The van der Waals surface area contributed by atoms with Crippen LogP contribution in [0.15, 0.2) is 36.4 Å². The molecular weight excluding hydrogens is 240 g/mol. The van der Waals surface area contributed by atoms with E-state index in [1.165, 1.54) is 5.56 Å². The van der Waals surface area contributed by atoms with Crippen LogP contribution in [0.2, 0.25) is 0 Å². The van der Waals surface area contributed by atoms with Crippen molar-refractivity contribution in [3.05, 3.63) is 47.7 Å². The predicted molar refractivity (Wildman–Crippen MR) is 74.4 cm³/mol. The number of aromatic nitrogens is 2. The van der Waals surface area contributed by atoms with Crippen LogP contribution in [-0.4, -0.2) is 20.6 Å². The van der Waals surface area contributed by atoms with Crippen LogP contribution in [0, 0.1) is 6.92 Å². The lowest BCUT2D eigenvalue weighted by atomic mass is 10.1. The molecule has 0 saturated heterocycles. The second-order valence-electron chi connectivity index (χ2n) is 4.69. The zero-order valence-electron chi connectivity index (χ0n) is 10.8. The first-order valence-electron chi connectivity index (χ1n) is 6.05. The van der Waals surface area contributed by atoms with E-state index in [-0.39, 0.29) is 5.69 Å². The number of carboxylic acids is 1. The van der Waals surface area contributed by atoms with Gasteiger partial charge in [0.05, 0.1) is 11.4 Å². The number of carbonyl (C=O) groups is 1. The highest BCUT2D eigenvalue weighted by atomic mass is 16.4. The highest BCUT2D eigenvalue weighted by molar-refractivity contribution is 5.90. The lowest BCUT2D eigenvalue weighted by Crippen LogP contribution is -2.05. The topological polar surface area (TPSA) is 58.0 Å². The zero-order chi connectivity index (χ0) is 13.6. The van der Waals surface area contributed by atoms with E-state index in [0.717, 1.165) is 22.3 Å². The first kappa shape index (κ1) is 11.6. The molecule has 2 N–H and O–H groups in total. The summed E-state index contributed by atoms with van der Waals surface area (Å²) in [5.74, 6) is -0.916. The van der Waals surface area contributed by atoms with Gasteiger partial charge in [0.1, 0.15) is 5.69 Å². The quantitative estimate of drug-likeness (QED) is 0.738. The number of aryl methyl sites for hydroxylation is 1. The van der Waals surface area contributed by atoms with Crippen molar-refractivity contribution in [1.82, 2.24) is 9.55 Å². The van der Waals surface area contributed by atoms with Gasteiger partial charge in [0.2, 0.25) is 0 Å². The van der Waals surface area contributed by atoms with Gasteiger partial charge >= 0.3 is 5.97 Å². The Morgan fingerprint density at radius 1 is 1.26 bits per heavy atom. The average Bonchev–Trinajstić information content (AvgIpc) is 2.93. The molecule has 4 nitrogen and oxygen atoms in total. The molecule has 0 bridgehead atoms. The molecule has 0 atom stereocenters.